The molecule has 1 N–H and O–H groups in total. The molecule has 0 saturated carbocycles. The predicted molar refractivity (Wildman–Crippen MR) is 197 cm³/mol. The van der Waals surface area contributed by atoms with Gasteiger partial charge in [-0.2, -0.15) is 10.2 Å². The quantitative estimate of drug-likeness (QED) is 0.159. The lowest BCUT2D eigenvalue weighted by Gasteiger charge is -2.34. The Morgan fingerprint density at radius 2 is 1.66 bits per heavy atom. The van der Waals surface area contributed by atoms with E-state index in [0.717, 1.165) is 60.9 Å². The van der Waals surface area contributed by atoms with Gasteiger partial charge in [0, 0.05) is 53.3 Å². The third-order valence-electron chi connectivity index (χ3n) is 9.90. The fraction of sp³-hybridized carbons (Fsp3) is 0.316. The fourth-order valence-electron chi connectivity index (χ4n) is 7.49. The number of fused-ring (bicyclic) bond motifs is 4. The third kappa shape index (κ3) is 5.32. The molecule has 0 fully saturated rings. The molecule has 4 heterocycles. The fourth-order valence-corrected chi connectivity index (χ4v) is 7.84. The molecule has 0 aliphatic carbocycles. The molecule has 50 heavy (non-hydrogen) atoms. The number of aromatic nitrogens is 5. The van der Waals surface area contributed by atoms with Crippen molar-refractivity contribution in [2.45, 2.75) is 60.0 Å². The van der Waals surface area contributed by atoms with Gasteiger partial charge in [-0.1, -0.05) is 29.3 Å². The van der Waals surface area contributed by atoms with Gasteiger partial charge < -0.3 is 14.4 Å². The van der Waals surface area contributed by atoms with E-state index < -0.39 is 5.97 Å². The number of carboxylic acids is 1. The molecular weight excluding hydrogens is 675 g/mol. The first kappa shape index (κ1) is 33.7. The molecule has 3 aromatic carbocycles. The summed E-state index contributed by atoms with van der Waals surface area (Å²) in [5.41, 5.74) is 8.77. The van der Waals surface area contributed by atoms with Crippen LogP contribution in [-0.4, -0.2) is 53.8 Å². The number of halogens is 2. The van der Waals surface area contributed by atoms with E-state index in [4.69, 9.17) is 38.1 Å². The van der Waals surface area contributed by atoms with Gasteiger partial charge >= 0.3 is 5.97 Å². The van der Waals surface area contributed by atoms with Crippen molar-refractivity contribution in [3.63, 3.8) is 0 Å². The summed E-state index contributed by atoms with van der Waals surface area (Å²) in [5, 5.41) is 22.1. The topological polar surface area (TPSA) is 107 Å². The van der Waals surface area contributed by atoms with Crippen LogP contribution in [0, 0.1) is 27.7 Å². The van der Waals surface area contributed by atoms with Crippen molar-refractivity contribution in [3.8, 4) is 16.9 Å². The molecule has 0 unspecified atom stereocenters. The number of carbonyl (C=O) groups is 2. The normalized spacial score (nSPS) is 14.6. The zero-order chi connectivity index (χ0) is 35.8. The Morgan fingerprint density at radius 1 is 0.960 bits per heavy atom. The van der Waals surface area contributed by atoms with Crippen LogP contribution in [0.5, 0.6) is 5.75 Å². The van der Waals surface area contributed by atoms with Gasteiger partial charge in [-0.3, -0.25) is 19.1 Å². The van der Waals surface area contributed by atoms with E-state index in [1.54, 1.807) is 34.8 Å². The van der Waals surface area contributed by atoms with Crippen LogP contribution in [0.2, 0.25) is 10.0 Å². The molecule has 1 amide bonds. The first-order valence-corrected chi connectivity index (χ1v) is 17.3. The van der Waals surface area contributed by atoms with Gasteiger partial charge in [-0.15, -0.1) is 0 Å². The lowest BCUT2D eigenvalue weighted by molar-refractivity contribution is 0.0696. The van der Waals surface area contributed by atoms with Crippen molar-refractivity contribution in [1.82, 2.24) is 24.1 Å². The van der Waals surface area contributed by atoms with E-state index in [0.29, 0.717) is 53.4 Å². The summed E-state index contributed by atoms with van der Waals surface area (Å²) in [5.74, 6) is 0.0521. The second-order valence-corrected chi connectivity index (χ2v) is 14.0. The van der Waals surface area contributed by atoms with Crippen molar-refractivity contribution in [1.29, 1.82) is 0 Å². The lowest BCUT2D eigenvalue weighted by Crippen LogP contribution is -2.47. The average Bonchev–Trinajstić information content (AvgIpc) is 3.65. The summed E-state index contributed by atoms with van der Waals surface area (Å²) in [6.45, 7) is 10.9. The molecule has 3 aromatic heterocycles. The summed E-state index contributed by atoms with van der Waals surface area (Å²) in [7, 11) is 3.68. The molecular formula is C38H38Cl2N6O4. The molecule has 1 aliphatic heterocycles. The van der Waals surface area contributed by atoms with Crippen LogP contribution in [0.4, 0.5) is 5.82 Å². The van der Waals surface area contributed by atoms with Gasteiger partial charge in [-0.05, 0) is 101 Å². The number of benzene rings is 3. The first-order chi connectivity index (χ1) is 23.8. The molecule has 7 rings (SSSR count). The number of nitrogens with zero attached hydrogens (tertiary/aromatic N) is 6. The number of aryl methyl sites for hydroxylation is 6. The number of hydrogen-bond donors (Lipinski definition) is 1. The smallest absolute Gasteiger partial charge is 0.335 e. The van der Waals surface area contributed by atoms with Crippen LogP contribution >= 0.6 is 23.2 Å². The number of ether oxygens (including phenoxy) is 1. The van der Waals surface area contributed by atoms with Crippen LogP contribution < -0.4 is 9.64 Å². The van der Waals surface area contributed by atoms with Gasteiger partial charge in [0.2, 0.25) is 0 Å². The summed E-state index contributed by atoms with van der Waals surface area (Å²) in [6.07, 6.45) is 1.23. The number of carboxylic acid groups (broad SMARTS) is 1. The maximum atomic E-state index is 14.9. The molecule has 258 valence electrons. The zero-order valence-electron chi connectivity index (χ0n) is 29.1. The van der Waals surface area contributed by atoms with Gasteiger partial charge in [0.25, 0.3) is 5.91 Å². The van der Waals surface area contributed by atoms with Crippen LogP contribution in [0.3, 0.4) is 0 Å². The highest BCUT2D eigenvalue weighted by atomic mass is 35.5. The monoisotopic (exact) mass is 712 g/mol. The van der Waals surface area contributed by atoms with Gasteiger partial charge in [-0.25, -0.2) is 4.79 Å². The Labute approximate surface area is 299 Å². The van der Waals surface area contributed by atoms with E-state index >= 15 is 0 Å². The van der Waals surface area contributed by atoms with Crippen molar-refractivity contribution < 1.29 is 19.4 Å². The molecule has 0 radical (unpaired) electrons. The minimum atomic E-state index is -1.02. The molecule has 0 saturated heterocycles. The predicted octanol–water partition coefficient (Wildman–Crippen LogP) is 8.23. The molecule has 12 heteroatoms. The maximum absolute atomic E-state index is 14.9. The minimum Gasteiger partial charge on any atom is -0.494 e. The SMILES string of the molecule is Cc1cc(OCCCc2c3n(c4c(-c5c(C)nn(C)c5C)c(Cl)ccc24)C[C@@H](C)N(c2nn(C)c4cc(C(=O)O)ccc24)C3=O)cc(C)c1Cl. The maximum Gasteiger partial charge on any atom is 0.335 e. The molecule has 1 aliphatic rings. The van der Waals surface area contributed by atoms with Gasteiger partial charge in [0.05, 0.1) is 40.0 Å². The van der Waals surface area contributed by atoms with Crippen molar-refractivity contribution in [3.05, 3.63) is 91.8 Å². The molecule has 0 bridgehead atoms. The van der Waals surface area contributed by atoms with Crippen molar-refractivity contribution >= 4 is 62.7 Å². The number of carbonyl (C=O) groups excluding carboxylic acids is 1. The minimum absolute atomic E-state index is 0.156. The van der Waals surface area contributed by atoms with E-state index in [-0.39, 0.29) is 17.5 Å². The standard InChI is InChI=1S/C38H38Cl2N6O4/c1-19-15-25(16-20(2)33(19)40)50-14-8-9-26-27-12-13-29(39)32(31-22(4)41-43(6)23(31)5)34(27)45-18-21(3)46(37(47)35(26)45)36-28-11-10-24(38(48)49)17-30(28)44(7)42-36/h10-13,15-17,21H,8-9,14,18H2,1-7H3,(H,48,49)/t21-/m1/s1. The van der Waals surface area contributed by atoms with Gasteiger partial charge in [0.15, 0.2) is 5.82 Å². The Morgan fingerprint density at radius 3 is 2.32 bits per heavy atom. The Hall–Kier alpha value is -4.80. The zero-order valence-corrected chi connectivity index (χ0v) is 30.6. The van der Waals surface area contributed by atoms with E-state index in [1.807, 2.05) is 70.6 Å². The Balaban J connectivity index is 1.36. The Bertz CT molecular complexity index is 2360. The lowest BCUT2D eigenvalue weighted by atomic mass is 9.98. The van der Waals surface area contributed by atoms with Crippen LogP contribution in [-0.2, 0) is 27.1 Å². The van der Waals surface area contributed by atoms with Crippen LogP contribution in [0.1, 0.15) is 62.3 Å². The summed E-state index contributed by atoms with van der Waals surface area (Å²) in [4.78, 5) is 28.4. The second-order valence-electron chi connectivity index (χ2n) is 13.3. The molecule has 6 aromatic rings. The number of anilines is 1. The molecule has 1 atom stereocenters. The molecule has 0 spiro atoms. The number of rotatable bonds is 8. The number of aromatic carboxylic acids is 1. The summed E-state index contributed by atoms with van der Waals surface area (Å²) in [6, 6.07) is 12.4. The highest BCUT2D eigenvalue weighted by molar-refractivity contribution is 6.35. The average molecular weight is 714 g/mol. The number of hydrogen-bond acceptors (Lipinski definition) is 5. The highest BCUT2D eigenvalue weighted by Gasteiger charge is 2.38. The van der Waals surface area contributed by atoms with Crippen LogP contribution in [0.15, 0.2) is 42.5 Å². The molecule has 10 nitrogen and oxygen atoms in total. The highest BCUT2D eigenvalue weighted by Crippen LogP contribution is 2.44. The summed E-state index contributed by atoms with van der Waals surface area (Å²) < 4.78 is 11.8. The largest absolute Gasteiger partial charge is 0.494 e. The summed E-state index contributed by atoms with van der Waals surface area (Å²) >= 11 is 13.4. The second kappa shape index (κ2) is 12.5. The third-order valence-corrected chi connectivity index (χ3v) is 10.8. The Kier molecular flexibility index (Phi) is 8.43. The van der Waals surface area contributed by atoms with Crippen LogP contribution in [0.25, 0.3) is 32.9 Å². The van der Waals surface area contributed by atoms with Gasteiger partial charge in [0.1, 0.15) is 11.4 Å². The van der Waals surface area contributed by atoms with E-state index in [2.05, 4.69) is 4.57 Å². The van der Waals surface area contributed by atoms with E-state index in [9.17, 15) is 14.7 Å². The van der Waals surface area contributed by atoms with Crippen molar-refractivity contribution in [2.75, 3.05) is 11.5 Å². The number of amides is 1. The van der Waals surface area contributed by atoms with Crippen molar-refractivity contribution in [2.24, 2.45) is 14.1 Å². The first-order valence-electron chi connectivity index (χ1n) is 16.6. The van der Waals surface area contributed by atoms with E-state index in [1.165, 1.54) is 0 Å².